The summed E-state index contributed by atoms with van der Waals surface area (Å²) in [5.41, 5.74) is 0. The summed E-state index contributed by atoms with van der Waals surface area (Å²) in [6.07, 6.45) is 1.47. The van der Waals surface area contributed by atoms with Crippen molar-refractivity contribution >= 4 is 0 Å². The van der Waals surface area contributed by atoms with Gasteiger partial charge < -0.3 is 10.2 Å². The van der Waals surface area contributed by atoms with Crippen LogP contribution in [0.2, 0.25) is 0 Å². The summed E-state index contributed by atoms with van der Waals surface area (Å²) in [7, 11) is 0. The first-order valence-electron chi connectivity index (χ1n) is 3.47. The van der Waals surface area contributed by atoms with Crippen molar-refractivity contribution in [3.8, 4) is 0 Å². The lowest BCUT2D eigenvalue weighted by Gasteiger charge is -2.12. The van der Waals surface area contributed by atoms with E-state index in [9.17, 15) is 0 Å². The monoisotopic (exact) mass is 132 g/mol. The molecule has 56 valence electrons. The van der Waals surface area contributed by atoms with E-state index in [0.717, 1.165) is 12.8 Å². The molecule has 0 unspecified atom stereocenters. The van der Waals surface area contributed by atoms with E-state index in [1.807, 2.05) is 6.92 Å². The molecule has 0 amide bonds. The Morgan fingerprint density at radius 1 is 1.33 bits per heavy atom. The van der Waals surface area contributed by atoms with Crippen molar-refractivity contribution in [3.05, 3.63) is 0 Å². The van der Waals surface area contributed by atoms with Crippen LogP contribution in [-0.4, -0.2) is 22.9 Å². The third-order valence-electron chi connectivity index (χ3n) is 1.64. The quantitative estimate of drug-likeness (QED) is 0.593. The molecule has 2 heteroatoms. The van der Waals surface area contributed by atoms with E-state index in [1.54, 1.807) is 6.92 Å². The van der Waals surface area contributed by atoms with Crippen LogP contribution in [0.4, 0.5) is 0 Å². The number of rotatable bonds is 4. The van der Waals surface area contributed by atoms with Crippen molar-refractivity contribution in [1.82, 2.24) is 0 Å². The Hall–Kier alpha value is -0.0800. The van der Waals surface area contributed by atoms with Crippen LogP contribution in [0, 0.1) is 5.92 Å². The fraction of sp³-hybridized carbons (Fsp3) is 1.00. The zero-order chi connectivity index (χ0) is 7.28. The van der Waals surface area contributed by atoms with Gasteiger partial charge in [0, 0.05) is 6.61 Å². The zero-order valence-electron chi connectivity index (χ0n) is 6.17. The third kappa shape index (κ3) is 4.43. The summed E-state index contributed by atoms with van der Waals surface area (Å²) in [5, 5.41) is 17.4. The molecular formula is C7H16O2. The first-order valence-corrected chi connectivity index (χ1v) is 3.47. The highest BCUT2D eigenvalue weighted by Gasteiger charge is 2.06. The van der Waals surface area contributed by atoms with Gasteiger partial charge in [-0.05, 0) is 25.7 Å². The Bertz CT molecular complexity index is 61.9. The summed E-state index contributed by atoms with van der Waals surface area (Å²) >= 11 is 0. The Morgan fingerprint density at radius 2 is 1.89 bits per heavy atom. The van der Waals surface area contributed by atoms with Crippen LogP contribution in [0.25, 0.3) is 0 Å². The van der Waals surface area contributed by atoms with E-state index < -0.39 is 0 Å². The van der Waals surface area contributed by atoms with E-state index in [1.165, 1.54) is 0 Å². The second kappa shape index (κ2) is 4.77. The van der Waals surface area contributed by atoms with Gasteiger partial charge in [0.2, 0.25) is 0 Å². The Morgan fingerprint density at radius 3 is 2.22 bits per heavy atom. The standard InChI is InChI=1S/C7H16O2/c1-6(7(2)9)4-3-5-8/h6-9H,3-5H2,1-2H3/t6-,7+/m0/s1. The van der Waals surface area contributed by atoms with Crippen molar-refractivity contribution in [1.29, 1.82) is 0 Å². The normalized spacial score (nSPS) is 17.3. The lowest BCUT2D eigenvalue weighted by molar-refractivity contribution is 0.124. The fourth-order valence-corrected chi connectivity index (χ4v) is 0.654. The van der Waals surface area contributed by atoms with Crippen LogP contribution < -0.4 is 0 Å². The molecule has 0 fully saturated rings. The topological polar surface area (TPSA) is 40.5 Å². The molecule has 0 aliphatic rings. The number of aliphatic hydroxyl groups excluding tert-OH is 2. The van der Waals surface area contributed by atoms with Gasteiger partial charge >= 0.3 is 0 Å². The van der Waals surface area contributed by atoms with E-state index in [0.29, 0.717) is 5.92 Å². The van der Waals surface area contributed by atoms with Crippen LogP contribution in [-0.2, 0) is 0 Å². The van der Waals surface area contributed by atoms with E-state index in [-0.39, 0.29) is 12.7 Å². The van der Waals surface area contributed by atoms with E-state index in [4.69, 9.17) is 10.2 Å². The molecule has 0 bridgehead atoms. The highest BCUT2D eigenvalue weighted by molar-refractivity contribution is 4.57. The van der Waals surface area contributed by atoms with Gasteiger partial charge in [-0.2, -0.15) is 0 Å². The average molecular weight is 132 g/mol. The third-order valence-corrected chi connectivity index (χ3v) is 1.64. The summed E-state index contributed by atoms with van der Waals surface area (Å²) < 4.78 is 0. The SMILES string of the molecule is C[C@@H](O)[C@@H](C)CCCO. The molecule has 0 aromatic rings. The molecule has 0 rings (SSSR count). The van der Waals surface area contributed by atoms with Crippen molar-refractivity contribution < 1.29 is 10.2 Å². The first-order chi connectivity index (χ1) is 4.18. The maximum Gasteiger partial charge on any atom is 0.0537 e. The van der Waals surface area contributed by atoms with Gasteiger partial charge in [-0.15, -0.1) is 0 Å². The highest BCUT2D eigenvalue weighted by Crippen LogP contribution is 2.08. The molecule has 0 radical (unpaired) electrons. The minimum Gasteiger partial charge on any atom is -0.396 e. The second-order valence-corrected chi connectivity index (χ2v) is 2.58. The predicted molar refractivity (Wildman–Crippen MR) is 37.2 cm³/mol. The smallest absolute Gasteiger partial charge is 0.0537 e. The van der Waals surface area contributed by atoms with Gasteiger partial charge in [-0.3, -0.25) is 0 Å². The van der Waals surface area contributed by atoms with Crippen LogP contribution >= 0.6 is 0 Å². The predicted octanol–water partition coefficient (Wildman–Crippen LogP) is 0.776. The van der Waals surface area contributed by atoms with Crippen LogP contribution in [0.3, 0.4) is 0 Å². The minimum atomic E-state index is -0.239. The second-order valence-electron chi connectivity index (χ2n) is 2.58. The molecule has 2 nitrogen and oxygen atoms in total. The highest BCUT2D eigenvalue weighted by atomic mass is 16.3. The maximum absolute atomic E-state index is 8.97. The summed E-state index contributed by atoms with van der Waals surface area (Å²) in [6, 6.07) is 0. The number of hydrogen-bond acceptors (Lipinski definition) is 2. The van der Waals surface area contributed by atoms with Gasteiger partial charge in [0.25, 0.3) is 0 Å². The van der Waals surface area contributed by atoms with Crippen molar-refractivity contribution in [3.63, 3.8) is 0 Å². The Labute approximate surface area is 56.5 Å². The largest absolute Gasteiger partial charge is 0.396 e. The van der Waals surface area contributed by atoms with Gasteiger partial charge in [-0.25, -0.2) is 0 Å². The van der Waals surface area contributed by atoms with Gasteiger partial charge in [0.05, 0.1) is 6.10 Å². The van der Waals surface area contributed by atoms with Crippen molar-refractivity contribution in [2.75, 3.05) is 6.61 Å². The van der Waals surface area contributed by atoms with E-state index in [2.05, 4.69) is 0 Å². The zero-order valence-corrected chi connectivity index (χ0v) is 6.17. The minimum absolute atomic E-state index is 0.233. The maximum atomic E-state index is 8.97. The number of hydrogen-bond donors (Lipinski definition) is 2. The molecule has 0 aromatic heterocycles. The lowest BCUT2D eigenvalue weighted by Crippen LogP contribution is -2.12. The van der Waals surface area contributed by atoms with Crippen LogP contribution in [0.15, 0.2) is 0 Å². The molecule has 0 aliphatic heterocycles. The summed E-state index contributed by atoms with van der Waals surface area (Å²) in [5.74, 6) is 0.317. The lowest BCUT2D eigenvalue weighted by atomic mass is 10.0. The van der Waals surface area contributed by atoms with E-state index >= 15 is 0 Å². The molecule has 0 saturated carbocycles. The van der Waals surface area contributed by atoms with Crippen LogP contribution in [0.1, 0.15) is 26.7 Å². The van der Waals surface area contributed by atoms with Gasteiger partial charge in [0.15, 0.2) is 0 Å². The van der Waals surface area contributed by atoms with Gasteiger partial charge in [-0.1, -0.05) is 6.92 Å². The molecule has 0 saturated heterocycles. The Kier molecular flexibility index (Phi) is 4.72. The fourth-order valence-electron chi connectivity index (χ4n) is 0.654. The van der Waals surface area contributed by atoms with Crippen LogP contribution in [0.5, 0.6) is 0 Å². The molecule has 0 aliphatic carbocycles. The van der Waals surface area contributed by atoms with Gasteiger partial charge in [0.1, 0.15) is 0 Å². The summed E-state index contributed by atoms with van der Waals surface area (Å²) in [6.45, 7) is 4.00. The molecule has 9 heavy (non-hydrogen) atoms. The molecule has 2 N–H and O–H groups in total. The molecule has 0 aromatic carbocycles. The summed E-state index contributed by atoms with van der Waals surface area (Å²) in [4.78, 5) is 0. The first kappa shape index (κ1) is 8.92. The van der Waals surface area contributed by atoms with Crippen molar-refractivity contribution in [2.24, 2.45) is 5.92 Å². The molecular weight excluding hydrogens is 116 g/mol. The van der Waals surface area contributed by atoms with Crippen molar-refractivity contribution in [2.45, 2.75) is 32.8 Å². The Balaban J connectivity index is 3.16. The average Bonchev–Trinajstić information content (AvgIpc) is 1.82. The number of aliphatic hydroxyl groups is 2. The molecule has 0 spiro atoms. The molecule has 2 atom stereocenters. The molecule has 0 heterocycles.